The van der Waals surface area contributed by atoms with Crippen LogP contribution in [0.15, 0.2) is 0 Å². The molecule has 0 N–H and O–H groups in total. The molecule has 0 saturated heterocycles. The minimum Gasteiger partial charge on any atom is -0.0625 e. The van der Waals surface area contributed by atoms with Crippen molar-refractivity contribution in [2.24, 2.45) is 11.8 Å². The molecule has 0 nitrogen and oxygen atoms in total. The SMILES string of the molecule is [2H]C([2H])([2H])C([2H])(C)C([2H])(C)C. The van der Waals surface area contributed by atoms with E-state index in [9.17, 15) is 0 Å². The molecule has 0 radical (unpaired) electrons. The lowest BCUT2D eigenvalue weighted by molar-refractivity contribution is 0.457. The molecule has 0 amide bonds. The molecule has 0 aliphatic heterocycles. The van der Waals surface area contributed by atoms with Gasteiger partial charge in [0, 0.05) is 6.85 Å². The van der Waals surface area contributed by atoms with Crippen molar-refractivity contribution in [3.8, 4) is 0 Å². The molecule has 0 saturated carbocycles. The molecule has 0 aromatic rings. The molecule has 1 atom stereocenters. The van der Waals surface area contributed by atoms with Crippen LogP contribution >= 0.6 is 0 Å². The lowest BCUT2D eigenvalue weighted by atomic mass is 10.0. The summed E-state index contributed by atoms with van der Waals surface area (Å²) in [5.41, 5.74) is 0. The highest BCUT2D eigenvalue weighted by molar-refractivity contribution is 4.46. The Balaban J connectivity index is 4.75. The molecular weight excluding hydrogens is 72.1 g/mol. The molecule has 0 aromatic heterocycles. The molecule has 6 heavy (non-hydrogen) atoms. The van der Waals surface area contributed by atoms with Gasteiger partial charge >= 0.3 is 0 Å². The second-order valence-electron chi connectivity index (χ2n) is 1.62. The maximum atomic E-state index is 7.48. The average molecular weight is 91.2 g/mol. The lowest BCUT2D eigenvalue weighted by Gasteiger charge is -2.05. The van der Waals surface area contributed by atoms with Gasteiger partial charge in [-0.3, -0.25) is 0 Å². The standard InChI is InChI=1S/C6H14/c1-5(2)6(3)4/h5-6H,1-4H3/i1D3,5D,6D. The first-order chi connectivity index (χ1) is 4.50. The lowest BCUT2D eigenvalue weighted by Crippen LogP contribution is -1.95. The van der Waals surface area contributed by atoms with Crippen molar-refractivity contribution in [3.63, 3.8) is 0 Å². The molecule has 1 unspecified atom stereocenters. The molecule has 0 spiro atoms. The molecule has 0 aliphatic rings. The smallest absolute Gasteiger partial charge is 0.0300 e. The third-order valence-corrected chi connectivity index (χ3v) is 0.750. The van der Waals surface area contributed by atoms with Gasteiger partial charge in [0.15, 0.2) is 0 Å². The van der Waals surface area contributed by atoms with Gasteiger partial charge < -0.3 is 0 Å². The number of rotatable bonds is 1. The maximum absolute atomic E-state index is 7.48. The Labute approximate surface area is 47.6 Å². The first kappa shape index (κ1) is 1.50. The summed E-state index contributed by atoms with van der Waals surface area (Å²) in [6, 6.07) is 0. The van der Waals surface area contributed by atoms with Crippen molar-refractivity contribution in [2.45, 2.75) is 27.6 Å². The van der Waals surface area contributed by atoms with E-state index in [-0.39, 0.29) is 0 Å². The van der Waals surface area contributed by atoms with Gasteiger partial charge in [-0.2, -0.15) is 0 Å². The zero-order valence-electron chi connectivity index (χ0n) is 9.50. The zero-order chi connectivity index (χ0) is 9.50. The minimum absolute atomic E-state index is 1.27. The predicted molar refractivity (Wildman–Crippen MR) is 29.7 cm³/mol. The summed E-state index contributed by atoms with van der Waals surface area (Å²) < 4.78 is 36.0. The predicted octanol–water partition coefficient (Wildman–Crippen LogP) is 2.30. The summed E-state index contributed by atoms with van der Waals surface area (Å²) in [6.45, 7) is 1.75. The van der Waals surface area contributed by atoms with Gasteiger partial charge in [-0.25, -0.2) is 0 Å². The van der Waals surface area contributed by atoms with Gasteiger partial charge in [-0.15, -0.1) is 0 Å². The highest BCUT2D eigenvalue weighted by atomic mass is 14.0. The minimum atomic E-state index is -2.39. The van der Waals surface area contributed by atoms with Crippen LogP contribution < -0.4 is 0 Å². The van der Waals surface area contributed by atoms with Crippen molar-refractivity contribution in [1.82, 2.24) is 0 Å². The molecule has 0 bridgehead atoms. The third-order valence-electron chi connectivity index (χ3n) is 0.750. The van der Waals surface area contributed by atoms with Crippen LogP contribution in [0.25, 0.3) is 0 Å². The Morgan fingerprint density at radius 3 is 1.83 bits per heavy atom. The van der Waals surface area contributed by atoms with E-state index in [0.717, 1.165) is 0 Å². The Morgan fingerprint density at radius 1 is 1.33 bits per heavy atom. The summed E-state index contributed by atoms with van der Waals surface area (Å²) in [5, 5.41) is 0. The van der Waals surface area contributed by atoms with Gasteiger partial charge in [-0.1, -0.05) is 27.6 Å². The molecule has 0 heterocycles. The van der Waals surface area contributed by atoms with Crippen LogP contribution in [0.5, 0.6) is 0 Å². The topological polar surface area (TPSA) is 0 Å². The fourth-order valence-corrected chi connectivity index (χ4v) is 0. The maximum Gasteiger partial charge on any atom is 0.0300 e. The van der Waals surface area contributed by atoms with E-state index in [1.54, 1.807) is 0 Å². The molecule has 0 heteroatoms. The Bertz CT molecular complexity index is 122. The Hall–Kier alpha value is 0. The normalized spacial score (nSPS) is 36.8. The van der Waals surface area contributed by atoms with E-state index in [4.69, 9.17) is 6.85 Å². The van der Waals surface area contributed by atoms with Gasteiger partial charge in [0.05, 0.1) is 0 Å². The Morgan fingerprint density at radius 2 is 1.83 bits per heavy atom. The van der Waals surface area contributed by atoms with E-state index in [2.05, 4.69) is 0 Å². The van der Waals surface area contributed by atoms with Gasteiger partial charge in [0.1, 0.15) is 0 Å². The second kappa shape index (κ2) is 2.22. The van der Waals surface area contributed by atoms with Gasteiger partial charge in [0.25, 0.3) is 0 Å². The molecule has 0 aliphatic carbocycles. The molecule has 0 fully saturated rings. The van der Waals surface area contributed by atoms with E-state index in [1.807, 2.05) is 0 Å². The van der Waals surface area contributed by atoms with E-state index in [0.29, 0.717) is 0 Å². The number of hydrogen-bond acceptors (Lipinski definition) is 0. The first-order valence-electron chi connectivity index (χ1n) is 4.50. The zero-order valence-corrected chi connectivity index (χ0v) is 4.50. The fourth-order valence-electron chi connectivity index (χ4n) is 0. The van der Waals surface area contributed by atoms with Crippen molar-refractivity contribution in [2.75, 3.05) is 0 Å². The van der Waals surface area contributed by atoms with Crippen LogP contribution in [0.2, 0.25) is 0 Å². The highest BCUT2D eigenvalue weighted by Gasteiger charge is 1.95. The summed E-state index contributed by atoms with van der Waals surface area (Å²) in [6.07, 6.45) is 0. The molecule has 0 aromatic carbocycles. The summed E-state index contributed by atoms with van der Waals surface area (Å²) in [5.74, 6) is -2.97. The summed E-state index contributed by atoms with van der Waals surface area (Å²) in [7, 11) is 0. The summed E-state index contributed by atoms with van der Waals surface area (Å²) >= 11 is 0. The fraction of sp³-hybridized carbons (Fsp3) is 1.00. The van der Waals surface area contributed by atoms with E-state index in [1.165, 1.54) is 20.8 Å². The van der Waals surface area contributed by atoms with Crippen LogP contribution in [0.1, 0.15) is 34.5 Å². The van der Waals surface area contributed by atoms with Gasteiger partial charge in [-0.05, 0) is 11.8 Å². The molecule has 0 rings (SSSR count). The van der Waals surface area contributed by atoms with Crippen LogP contribution in [-0.2, 0) is 0 Å². The largest absolute Gasteiger partial charge is 0.0625 e. The van der Waals surface area contributed by atoms with E-state index >= 15 is 0 Å². The van der Waals surface area contributed by atoms with Crippen LogP contribution in [0, 0.1) is 11.8 Å². The van der Waals surface area contributed by atoms with Crippen molar-refractivity contribution in [3.05, 3.63) is 0 Å². The van der Waals surface area contributed by atoms with Crippen LogP contribution in [0.4, 0.5) is 0 Å². The van der Waals surface area contributed by atoms with Crippen LogP contribution in [-0.4, -0.2) is 0 Å². The third kappa shape index (κ3) is 2.25. The average Bonchev–Trinajstić information content (AvgIpc) is 1.58. The summed E-state index contributed by atoms with van der Waals surface area (Å²) in [4.78, 5) is 0. The molecule has 38 valence electrons. The highest BCUT2D eigenvalue weighted by Crippen LogP contribution is 2.05. The van der Waals surface area contributed by atoms with Crippen molar-refractivity contribution >= 4 is 0 Å². The second-order valence-corrected chi connectivity index (χ2v) is 1.62. The van der Waals surface area contributed by atoms with Crippen molar-refractivity contribution < 1.29 is 6.85 Å². The first-order valence-corrected chi connectivity index (χ1v) is 2.00. The van der Waals surface area contributed by atoms with Crippen molar-refractivity contribution in [1.29, 1.82) is 0 Å². The van der Waals surface area contributed by atoms with E-state index < -0.39 is 18.6 Å². The monoisotopic (exact) mass is 91.1 g/mol. The molecular formula is C6H14. The van der Waals surface area contributed by atoms with Crippen LogP contribution in [0.3, 0.4) is 0 Å². The number of hydrogen-bond donors (Lipinski definition) is 0. The van der Waals surface area contributed by atoms with Gasteiger partial charge in [0.2, 0.25) is 0 Å². The quantitative estimate of drug-likeness (QED) is 0.464. The Kier molecular flexibility index (Phi) is 0.556.